The number of hydrogen-bond acceptors (Lipinski definition) is 5. The fourth-order valence-electron chi connectivity index (χ4n) is 2.34. The molecule has 2 rings (SSSR count). The van der Waals surface area contributed by atoms with Crippen molar-refractivity contribution in [2.75, 3.05) is 23.8 Å². The first kappa shape index (κ1) is 16.3. The summed E-state index contributed by atoms with van der Waals surface area (Å²) >= 11 is 1.70. The first-order valence-corrected chi connectivity index (χ1v) is 9.77. The molecule has 1 heterocycles. The standard InChI is InChI=1S/C14H21N3O2S2/c1-2-21(18,19)13-10-20-8-7-17(13)9-11-3-5-12(6-4-11)14(15)16/h3-6,13H,2,7-10H2,1H3,(H3,15,16). The van der Waals surface area contributed by atoms with Crippen LogP contribution in [0.15, 0.2) is 24.3 Å². The van der Waals surface area contributed by atoms with E-state index in [1.54, 1.807) is 30.8 Å². The maximum Gasteiger partial charge on any atom is 0.166 e. The fourth-order valence-corrected chi connectivity index (χ4v) is 5.42. The number of hydrogen-bond donors (Lipinski definition) is 2. The summed E-state index contributed by atoms with van der Waals surface area (Å²) in [7, 11) is -3.06. The normalized spacial score (nSPS) is 20.3. The number of sulfone groups is 1. The Balaban J connectivity index is 2.14. The van der Waals surface area contributed by atoms with Crippen LogP contribution in [0, 0.1) is 5.41 Å². The third-order valence-corrected chi connectivity index (χ3v) is 6.99. The van der Waals surface area contributed by atoms with E-state index in [2.05, 4.69) is 0 Å². The quantitative estimate of drug-likeness (QED) is 0.628. The lowest BCUT2D eigenvalue weighted by Crippen LogP contribution is -2.47. The van der Waals surface area contributed by atoms with Crippen molar-refractivity contribution in [2.45, 2.75) is 18.8 Å². The number of nitrogens with one attached hydrogen (secondary N) is 1. The Bertz CT molecular complexity index is 599. The van der Waals surface area contributed by atoms with Crippen LogP contribution < -0.4 is 5.73 Å². The van der Waals surface area contributed by atoms with Crippen LogP contribution in [0.2, 0.25) is 0 Å². The van der Waals surface area contributed by atoms with Crippen LogP contribution in [0.25, 0.3) is 0 Å². The molecule has 5 nitrogen and oxygen atoms in total. The largest absolute Gasteiger partial charge is 0.384 e. The van der Waals surface area contributed by atoms with Gasteiger partial charge in [0.1, 0.15) is 11.2 Å². The van der Waals surface area contributed by atoms with Crippen LogP contribution >= 0.6 is 11.8 Å². The van der Waals surface area contributed by atoms with E-state index in [1.165, 1.54) is 0 Å². The molecule has 1 aliphatic rings. The number of nitrogens with two attached hydrogens (primary N) is 1. The van der Waals surface area contributed by atoms with Gasteiger partial charge in [0.05, 0.1) is 0 Å². The Morgan fingerprint density at radius 1 is 1.43 bits per heavy atom. The highest BCUT2D eigenvalue weighted by molar-refractivity contribution is 8.01. The number of amidine groups is 1. The van der Waals surface area contributed by atoms with Gasteiger partial charge < -0.3 is 5.73 Å². The third kappa shape index (κ3) is 3.99. The number of thioether (sulfide) groups is 1. The molecule has 1 aliphatic heterocycles. The lowest BCUT2D eigenvalue weighted by molar-refractivity contribution is 0.261. The summed E-state index contributed by atoms with van der Waals surface area (Å²) in [6, 6.07) is 7.43. The minimum Gasteiger partial charge on any atom is -0.384 e. The van der Waals surface area contributed by atoms with Crippen LogP contribution in [0.5, 0.6) is 0 Å². The Kier molecular flexibility index (Phi) is 5.29. The summed E-state index contributed by atoms with van der Waals surface area (Å²) in [5, 5.41) is 6.99. The molecule has 1 aromatic carbocycles. The molecule has 1 atom stereocenters. The van der Waals surface area contributed by atoms with Gasteiger partial charge in [-0.3, -0.25) is 10.3 Å². The van der Waals surface area contributed by atoms with Crippen LogP contribution in [0.1, 0.15) is 18.1 Å². The van der Waals surface area contributed by atoms with Gasteiger partial charge in [0, 0.05) is 35.9 Å². The Morgan fingerprint density at radius 2 is 2.10 bits per heavy atom. The second-order valence-corrected chi connectivity index (χ2v) is 8.66. The SMILES string of the molecule is CCS(=O)(=O)C1CSCCN1Cc1ccc(C(=N)N)cc1. The highest BCUT2D eigenvalue weighted by atomic mass is 32.2. The Morgan fingerprint density at radius 3 is 2.67 bits per heavy atom. The van der Waals surface area contributed by atoms with Crippen molar-refractivity contribution in [1.29, 1.82) is 5.41 Å². The van der Waals surface area contributed by atoms with Crippen molar-refractivity contribution in [3.8, 4) is 0 Å². The van der Waals surface area contributed by atoms with Gasteiger partial charge in [-0.25, -0.2) is 8.42 Å². The van der Waals surface area contributed by atoms with Gasteiger partial charge >= 0.3 is 0 Å². The lowest BCUT2D eigenvalue weighted by atomic mass is 10.1. The summed E-state index contributed by atoms with van der Waals surface area (Å²) in [5.74, 6) is 1.82. The molecule has 7 heteroatoms. The zero-order valence-electron chi connectivity index (χ0n) is 12.1. The van der Waals surface area contributed by atoms with Crippen molar-refractivity contribution < 1.29 is 8.42 Å². The summed E-state index contributed by atoms with van der Waals surface area (Å²) in [6.07, 6.45) is 0. The first-order chi connectivity index (χ1) is 9.94. The molecule has 0 aliphatic carbocycles. The maximum atomic E-state index is 12.2. The minimum atomic E-state index is -3.06. The lowest BCUT2D eigenvalue weighted by Gasteiger charge is -2.34. The van der Waals surface area contributed by atoms with Gasteiger partial charge in [0.2, 0.25) is 0 Å². The number of rotatable bonds is 5. The van der Waals surface area contributed by atoms with E-state index in [4.69, 9.17) is 11.1 Å². The van der Waals surface area contributed by atoms with E-state index in [1.807, 2.05) is 17.0 Å². The number of nitrogens with zero attached hydrogens (tertiary/aromatic N) is 1. The molecule has 3 N–H and O–H groups in total. The molecular formula is C14H21N3O2S2. The van der Waals surface area contributed by atoms with Gasteiger partial charge in [0.25, 0.3) is 0 Å². The van der Waals surface area contributed by atoms with Crippen LogP contribution in [0.3, 0.4) is 0 Å². The average Bonchev–Trinajstić information content (AvgIpc) is 2.48. The minimum absolute atomic E-state index is 0.0439. The summed E-state index contributed by atoms with van der Waals surface area (Å²) in [4.78, 5) is 2.04. The molecule has 0 saturated carbocycles. The Hall–Kier alpha value is -1.05. The van der Waals surface area contributed by atoms with E-state index in [-0.39, 0.29) is 11.6 Å². The Labute approximate surface area is 130 Å². The van der Waals surface area contributed by atoms with Gasteiger partial charge in [-0.15, -0.1) is 0 Å². The van der Waals surface area contributed by atoms with E-state index in [0.717, 1.165) is 17.9 Å². The summed E-state index contributed by atoms with van der Waals surface area (Å²) in [6.45, 7) is 3.10. The predicted molar refractivity (Wildman–Crippen MR) is 88.4 cm³/mol. The second kappa shape index (κ2) is 6.81. The first-order valence-electron chi connectivity index (χ1n) is 6.90. The van der Waals surface area contributed by atoms with Crippen molar-refractivity contribution in [1.82, 2.24) is 4.90 Å². The molecule has 1 saturated heterocycles. The molecule has 1 unspecified atom stereocenters. The van der Waals surface area contributed by atoms with Gasteiger partial charge in [-0.1, -0.05) is 31.2 Å². The van der Waals surface area contributed by atoms with Crippen LogP contribution in [0.4, 0.5) is 0 Å². The van der Waals surface area contributed by atoms with Crippen LogP contribution in [-0.4, -0.2) is 48.3 Å². The third-order valence-electron chi connectivity index (χ3n) is 3.66. The van der Waals surface area contributed by atoms with Crippen molar-refractivity contribution in [3.63, 3.8) is 0 Å². The highest BCUT2D eigenvalue weighted by Gasteiger charge is 2.32. The fraction of sp³-hybridized carbons (Fsp3) is 0.500. The molecule has 1 aromatic rings. The molecule has 0 radical (unpaired) electrons. The number of nitrogen functional groups attached to an aromatic ring is 1. The van der Waals surface area contributed by atoms with E-state index >= 15 is 0 Å². The number of benzene rings is 1. The maximum absolute atomic E-state index is 12.2. The zero-order valence-corrected chi connectivity index (χ0v) is 13.7. The molecule has 0 bridgehead atoms. The van der Waals surface area contributed by atoms with Gasteiger partial charge in [-0.05, 0) is 5.56 Å². The topological polar surface area (TPSA) is 87.2 Å². The smallest absolute Gasteiger partial charge is 0.166 e. The molecule has 1 fully saturated rings. The van der Waals surface area contributed by atoms with Crippen molar-refractivity contribution >= 4 is 27.4 Å². The van der Waals surface area contributed by atoms with E-state index in [0.29, 0.717) is 17.9 Å². The monoisotopic (exact) mass is 327 g/mol. The van der Waals surface area contributed by atoms with Gasteiger partial charge in [0.15, 0.2) is 9.84 Å². The van der Waals surface area contributed by atoms with Gasteiger partial charge in [-0.2, -0.15) is 11.8 Å². The molecule has 0 amide bonds. The van der Waals surface area contributed by atoms with Crippen molar-refractivity contribution in [2.24, 2.45) is 5.73 Å². The average molecular weight is 327 g/mol. The molecule has 116 valence electrons. The van der Waals surface area contributed by atoms with Crippen molar-refractivity contribution in [3.05, 3.63) is 35.4 Å². The predicted octanol–water partition coefficient (Wildman–Crippen LogP) is 1.28. The molecule has 21 heavy (non-hydrogen) atoms. The second-order valence-electron chi connectivity index (χ2n) is 5.06. The van der Waals surface area contributed by atoms with E-state index < -0.39 is 15.2 Å². The molecular weight excluding hydrogens is 306 g/mol. The summed E-state index contributed by atoms with van der Waals surface area (Å²) < 4.78 is 24.4. The van der Waals surface area contributed by atoms with E-state index in [9.17, 15) is 8.42 Å². The van der Waals surface area contributed by atoms with Crippen LogP contribution in [-0.2, 0) is 16.4 Å². The summed E-state index contributed by atoms with van der Waals surface area (Å²) in [5.41, 5.74) is 7.17. The molecule has 0 spiro atoms. The highest BCUT2D eigenvalue weighted by Crippen LogP contribution is 2.23. The molecule has 0 aromatic heterocycles. The zero-order chi connectivity index (χ0) is 15.5.